The maximum absolute atomic E-state index is 11.0. The lowest BCUT2D eigenvalue weighted by Gasteiger charge is -2.11. The van der Waals surface area contributed by atoms with Crippen molar-refractivity contribution >= 4 is 17.9 Å². The summed E-state index contributed by atoms with van der Waals surface area (Å²) in [5.41, 5.74) is 4.71. The van der Waals surface area contributed by atoms with E-state index in [0.29, 0.717) is 6.42 Å². The largest absolute Gasteiger partial charge is 0.453 e. The number of carbonyl (C=O) groups is 3. The Bertz CT molecular complexity index is 239. The molecule has 0 heterocycles. The topological polar surface area (TPSA) is 98.5 Å². The van der Waals surface area contributed by atoms with Gasteiger partial charge in [-0.2, -0.15) is 0 Å². The molecule has 3 amide bonds. The Morgan fingerprint density at radius 3 is 2.43 bits per heavy atom. The molecule has 6 nitrogen and oxygen atoms in total. The van der Waals surface area contributed by atoms with E-state index in [0.717, 1.165) is 0 Å². The zero-order valence-corrected chi connectivity index (χ0v) is 8.20. The van der Waals surface area contributed by atoms with Crippen molar-refractivity contribution in [3.8, 4) is 0 Å². The normalized spacial score (nSPS) is 11.6. The second kappa shape index (κ2) is 5.95. The molecule has 0 aliphatic heterocycles. The van der Waals surface area contributed by atoms with Crippen LogP contribution in [0.5, 0.6) is 0 Å². The molecule has 6 heteroatoms. The standard InChI is InChI=1S/C8H14N2O4/c1-3-4-6(11)14-5(2)7(12)10-8(9)13/h5H,3-4H2,1-2H3,(H3,9,10,12,13). The zero-order valence-electron chi connectivity index (χ0n) is 8.20. The highest BCUT2D eigenvalue weighted by molar-refractivity contribution is 5.96. The number of carbonyl (C=O) groups excluding carboxylic acids is 3. The van der Waals surface area contributed by atoms with E-state index in [4.69, 9.17) is 10.5 Å². The SMILES string of the molecule is CCCC(=O)OC(C)C(=O)NC(N)=O. The number of esters is 1. The minimum absolute atomic E-state index is 0.244. The van der Waals surface area contributed by atoms with Crippen molar-refractivity contribution in [2.45, 2.75) is 32.8 Å². The minimum atomic E-state index is -0.999. The lowest BCUT2D eigenvalue weighted by molar-refractivity contribution is -0.154. The fraction of sp³-hybridized carbons (Fsp3) is 0.625. The highest BCUT2D eigenvalue weighted by Gasteiger charge is 2.18. The van der Waals surface area contributed by atoms with E-state index in [9.17, 15) is 14.4 Å². The first kappa shape index (κ1) is 12.4. The van der Waals surface area contributed by atoms with E-state index in [1.807, 2.05) is 12.2 Å². The Morgan fingerprint density at radius 1 is 1.43 bits per heavy atom. The molecule has 0 aliphatic rings. The fourth-order valence-electron chi connectivity index (χ4n) is 0.737. The zero-order chi connectivity index (χ0) is 11.1. The number of primary amides is 1. The Morgan fingerprint density at radius 2 is 2.00 bits per heavy atom. The number of rotatable bonds is 4. The van der Waals surface area contributed by atoms with Crippen LogP contribution in [0.1, 0.15) is 26.7 Å². The second-order valence-corrected chi connectivity index (χ2v) is 2.74. The van der Waals surface area contributed by atoms with Crippen LogP contribution in [0.25, 0.3) is 0 Å². The van der Waals surface area contributed by atoms with Gasteiger partial charge in [0.25, 0.3) is 5.91 Å². The first-order valence-corrected chi connectivity index (χ1v) is 4.27. The maximum atomic E-state index is 11.0. The minimum Gasteiger partial charge on any atom is -0.453 e. The van der Waals surface area contributed by atoms with Gasteiger partial charge in [0.2, 0.25) is 0 Å². The molecular weight excluding hydrogens is 188 g/mol. The van der Waals surface area contributed by atoms with Gasteiger partial charge in [-0.15, -0.1) is 0 Å². The average molecular weight is 202 g/mol. The Kier molecular flexibility index (Phi) is 5.28. The Balaban J connectivity index is 3.94. The molecule has 0 aromatic rings. The lowest BCUT2D eigenvalue weighted by Crippen LogP contribution is -2.42. The summed E-state index contributed by atoms with van der Waals surface area (Å²) >= 11 is 0. The van der Waals surface area contributed by atoms with Crippen LogP contribution < -0.4 is 11.1 Å². The van der Waals surface area contributed by atoms with Gasteiger partial charge in [-0.1, -0.05) is 6.92 Å². The van der Waals surface area contributed by atoms with Crippen molar-refractivity contribution in [2.75, 3.05) is 0 Å². The van der Waals surface area contributed by atoms with Gasteiger partial charge in [-0.05, 0) is 13.3 Å². The maximum Gasteiger partial charge on any atom is 0.318 e. The Labute approximate surface area is 81.8 Å². The molecule has 80 valence electrons. The van der Waals surface area contributed by atoms with Crippen LogP contribution in [-0.2, 0) is 14.3 Å². The lowest BCUT2D eigenvalue weighted by atomic mass is 10.3. The van der Waals surface area contributed by atoms with Crippen molar-refractivity contribution in [1.82, 2.24) is 5.32 Å². The number of nitrogens with one attached hydrogen (secondary N) is 1. The van der Waals surface area contributed by atoms with E-state index >= 15 is 0 Å². The predicted octanol–water partition coefficient (Wildman–Crippen LogP) is -0.0869. The van der Waals surface area contributed by atoms with E-state index in [-0.39, 0.29) is 6.42 Å². The monoisotopic (exact) mass is 202 g/mol. The molecule has 1 atom stereocenters. The summed E-state index contributed by atoms with van der Waals surface area (Å²) in [6.07, 6.45) is -0.112. The highest BCUT2D eigenvalue weighted by atomic mass is 16.5. The number of hydrogen-bond acceptors (Lipinski definition) is 4. The van der Waals surface area contributed by atoms with E-state index in [1.54, 1.807) is 0 Å². The van der Waals surface area contributed by atoms with Gasteiger partial charge in [0.1, 0.15) is 0 Å². The number of imide groups is 1. The third kappa shape index (κ3) is 5.13. The van der Waals surface area contributed by atoms with Crippen LogP contribution in [0, 0.1) is 0 Å². The van der Waals surface area contributed by atoms with Gasteiger partial charge in [-0.3, -0.25) is 14.9 Å². The number of urea groups is 1. The third-order valence-corrected chi connectivity index (χ3v) is 1.38. The molecule has 3 N–H and O–H groups in total. The van der Waals surface area contributed by atoms with Crippen molar-refractivity contribution in [3.63, 3.8) is 0 Å². The molecule has 0 bridgehead atoms. The van der Waals surface area contributed by atoms with Crippen LogP contribution >= 0.6 is 0 Å². The molecule has 0 aromatic heterocycles. The second-order valence-electron chi connectivity index (χ2n) is 2.74. The average Bonchev–Trinajstić information content (AvgIpc) is 2.02. The molecule has 0 aliphatic carbocycles. The first-order valence-electron chi connectivity index (χ1n) is 4.27. The third-order valence-electron chi connectivity index (χ3n) is 1.38. The molecule has 0 radical (unpaired) electrons. The molecule has 14 heavy (non-hydrogen) atoms. The van der Waals surface area contributed by atoms with E-state index in [1.165, 1.54) is 6.92 Å². The smallest absolute Gasteiger partial charge is 0.318 e. The first-order chi connectivity index (χ1) is 6.47. The van der Waals surface area contributed by atoms with Gasteiger partial charge in [-0.25, -0.2) is 4.79 Å². The van der Waals surface area contributed by atoms with Crippen LogP contribution in [0.3, 0.4) is 0 Å². The molecule has 0 saturated heterocycles. The fourth-order valence-corrected chi connectivity index (χ4v) is 0.737. The summed E-state index contributed by atoms with van der Waals surface area (Å²) in [4.78, 5) is 32.2. The van der Waals surface area contributed by atoms with Crippen LogP contribution in [0.4, 0.5) is 4.79 Å². The van der Waals surface area contributed by atoms with Crippen molar-refractivity contribution in [2.24, 2.45) is 5.73 Å². The molecule has 0 aromatic carbocycles. The van der Waals surface area contributed by atoms with Crippen molar-refractivity contribution < 1.29 is 19.1 Å². The summed E-state index contributed by atoms with van der Waals surface area (Å²) in [6, 6.07) is -0.964. The quantitative estimate of drug-likeness (QED) is 0.622. The summed E-state index contributed by atoms with van der Waals surface area (Å²) in [6.45, 7) is 3.18. The number of ether oxygens (including phenoxy) is 1. The van der Waals surface area contributed by atoms with Gasteiger partial charge in [0.15, 0.2) is 6.10 Å². The molecule has 1 unspecified atom stereocenters. The summed E-state index contributed by atoms with van der Waals surface area (Å²) < 4.78 is 4.69. The highest BCUT2D eigenvalue weighted by Crippen LogP contribution is 1.97. The van der Waals surface area contributed by atoms with Crippen molar-refractivity contribution in [3.05, 3.63) is 0 Å². The van der Waals surface area contributed by atoms with Crippen molar-refractivity contribution in [1.29, 1.82) is 0 Å². The molecule has 0 saturated carbocycles. The van der Waals surface area contributed by atoms with E-state index in [2.05, 4.69) is 0 Å². The van der Waals surface area contributed by atoms with Crippen LogP contribution in [0.15, 0.2) is 0 Å². The number of amides is 3. The predicted molar refractivity (Wildman–Crippen MR) is 48.2 cm³/mol. The van der Waals surface area contributed by atoms with Gasteiger partial charge >= 0.3 is 12.0 Å². The van der Waals surface area contributed by atoms with Gasteiger partial charge < -0.3 is 10.5 Å². The summed E-state index contributed by atoms with van der Waals surface area (Å²) in [5.74, 6) is -1.19. The van der Waals surface area contributed by atoms with Gasteiger partial charge in [0.05, 0.1) is 0 Å². The number of hydrogen-bond donors (Lipinski definition) is 2. The molecule has 0 fully saturated rings. The molecule has 0 spiro atoms. The van der Waals surface area contributed by atoms with E-state index < -0.39 is 24.0 Å². The molecular formula is C8H14N2O4. The van der Waals surface area contributed by atoms with Crippen LogP contribution in [-0.4, -0.2) is 24.0 Å². The van der Waals surface area contributed by atoms with Crippen LogP contribution in [0.2, 0.25) is 0 Å². The Hall–Kier alpha value is -1.59. The van der Waals surface area contributed by atoms with Gasteiger partial charge in [0, 0.05) is 6.42 Å². The summed E-state index contributed by atoms with van der Waals surface area (Å²) in [7, 11) is 0. The summed E-state index contributed by atoms with van der Waals surface area (Å²) in [5, 5.41) is 1.81. The molecule has 0 rings (SSSR count). The number of nitrogens with two attached hydrogens (primary N) is 1.